The van der Waals surface area contributed by atoms with Gasteiger partial charge in [0.05, 0.1) is 19.3 Å². The molecule has 6 nitrogen and oxygen atoms in total. The zero-order chi connectivity index (χ0) is 19.1. The summed E-state index contributed by atoms with van der Waals surface area (Å²) in [7, 11) is 1.54. The lowest BCUT2D eigenvalue weighted by atomic mass is 9.86. The molecule has 1 N–H and O–H groups in total. The van der Waals surface area contributed by atoms with Gasteiger partial charge in [0.2, 0.25) is 0 Å². The van der Waals surface area contributed by atoms with Gasteiger partial charge in [-0.05, 0) is 50.8 Å². The lowest BCUT2D eigenvalue weighted by Crippen LogP contribution is -2.45. The Morgan fingerprint density at radius 1 is 1.23 bits per heavy atom. The van der Waals surface area contributed by atoms with Crippen molar-refractivity contribution in [1.82, 2.24) is 5.32 Å². The number of esters is 1. The second-order valence-corrected chi connectivity index (χ2v) is 6.72. The standard InChI is InChI=1S/C20H29NO5/c1-5-25-18-12-15(10-11-17(18)24-4)20(23)26-14(3)19(22)21-16-9-7-6-8-13(16)2/h10-14,16H,5-9H2,1-4H3,(H,21,22)/t13-,14-,16+/m0/s1. The number of methoxy groups -OCH3 is 1. The van der Waals surface area contributed by atoms with E-state index in [9.17, 15) is 9.59 Å². The summed E-state index contributed by atoms with van der Waals surface area (Å²) < 4.78 is 16.0. The lowest BCUT2D eigenvalue weighted by molar-refractivity contribution is -0.130. The summed E-state index contributed by atoms with van der Waals surface area (Å²) in [4.78, 5) is 24.7. The Hall–Kier alpha value is -2.24. The van der Waals surface area contributed by atoms with E-state index in [1.165, 1.54) is 13.5 Å². The van der Waals surface area contributed by atoms with Gasteiger partial charge >= 0.3 is 5.97 Å². The molecule has 1 aliphatic carbocycles. The maximum atomic E-state index is 12.4. The van der Waals surface area contributed by atoms with Crippen molar-refractivity contribution >= 4 is 11.9 Å². The topological polar surface area (TPSA) is 73.9 Å². The van der Waals surface area contributed by atoms with Crippen LogP contribution in [-0.4, -0.2) is 37.7 Å². The number of benzene rings is 1. The average Bonchev–Trinajstić information content (AvgIpc) is 2.63. The molecule has 0 radical (unpaired) electrons. The van der Waals surface area contributed by atoms with Crippen LogP contribution in [0.4, 0.5) is 0 Å². The van der Waals surface area contributed by atoms with E-state index in [1.807, 2.05) is 6.92 Å². The van der Waals surface area contributed by atoms with E-state index in [4.69, 9.17) is 14.2 Å². The van der Waals surface area contributed by atoms with Crippen LogP contribution in [0.2, 0.25) is 0 Å². The average molecular weight is 363 g/mol. The van der Waals surface area contributed by atoms with Gasteiger partial charge in [-0.25, -0.2) is 4.79 Å². The van der Waals surface area contributed by atoms with Crippen LogP contribution in [0, 0.1) is 5.92 Å². The van der Waals surface area contributed by atoms with Gasteiger partial charge in [-0.3, -0.25) is 4.79 Å². The van der Waals surface area contributed by atoms with Crippen LogP contribution in [0.3, 0.4) is 0 Å². The Morgan fingerprint density at radius 3 is 2.62 bits per heavy atom. The first-order valence-corrected chi connectivity index (χ1v) is 9.28. The summed E-state index contributed by atoms with van der Waals surface area (Å²) in [5, 5.41) is 3.01. The predicted octanol–water partition coefficient (Wildman–Crippen LogP) is 3.33. The first kappa shape index (κ1) is 20.1. The number of ether oxygens (including phenoxy) is 3. The van der Waals surface area contributed by atoms with E-state index in [1.54, 1.807) is 25.1 Å². The maximum absolute atomic E-state index is 12.4. The zero-order valence-corrected chi connectivity index (χ0v) is 16.0. The number of nitrogens with one attached hydrogen (secondary N) is 1. The van der Waals surface area contributed by atoms with Gasteiger partial charge < -0.3 is 19.5 Å². The van der Waals surface area contributed by atoms with Gasteiger partial charge in [0.15, 0.2) is 17.6 Å². The highest BCUT2D eigenvalue weighted by molar-refractivity contribution is 5.92. The van der Waals surface area contributed by atoms with Gasteiger partial charge in [0.25, 0.3) is 5.91 Å². The molecule has 26 heavy (non-hydrogen) atoms. The summed E-state index contributed by atoms with van der Waals surface area (Å²) in [6.45, 7) is 6.04. The number of amides is 1. The molecule has 0 unspecified atom stereocenters. The molecule has 0 bridgehead atoms. The molecular formula is C20H29NO5. The number of hydrogen-bond acceptors (Lipinski definition) is 5. The molecule has 1 aromatic carbocycles. The van der Waals surface area contributed by atoms with Crippen LogP contribution < -0.4 is 14.8 Å². The van der Waals surface area contributed by atoms with E-state index < -0.39 is 12.1 Å². The van der Waals surface area contributed by atoms with Crippen molar-refractivity contribution in [3.8, 4) is 11.5 Å². The highest BCUT2D eigenvalue weighted by atomic mass is 16.5. The van der Waals surface area contributed by atoms with E-state index >= 15 is 0 Å². The molecule has 1 amide bonds. The number of hydrogen-bond donors (Lipinski definition) is 1. The minimum Gasteiger partial charge on any atom is -0.493 e. The fraction of sp³-hybridized carbons (Fsp3) is 0.600. The first-order valence-electron chi connectivity index (χ1n) is 9.28. The quantitative estimate of drug-likeness (QED) is 0.752. The largest absolute Gasteiger partial charge is 0.493 e. The molecule has 1 fully saturated rings. The smallest absolute Gasteiger partial charge is 0.339 e. The summed E-state index contributed by atoms with van der Waals surface area (Å²) in [5.41, 5.74) is 0.319. The molecule has 1 aromatic rings. The first-order chi connectivity index (χ1) is 12.5. The molecule has 1 aliphatic rings. The van der Waals surface area contributed by atoms with Crippen molar-refractivity contribution in [3.63, 3.8) is 0 Å². The summed E-state index contributed by atoms with van der Waals surface area (Å²) >= 11 is 0. The van der Waals surface area contributed by atoms with Crippen molar-refractivity contribution in [2.45, 2.75) is 58.6 Å². The number of carbonyl (C=O) groups is 2. The third-order valence-corrected chi connectivity index (χ3v) is 4.79. The van der Waals surface area contributed by atoms with Gasteiger partial charge in [-0.2, -0.15) is 0 Å². The lowest BCUT2D eigenvalue weighted by Gasteiger charge is -2.30. The molecule has 0 saturated heterocycles. The van der Waals surface area contributed by atoms with Crippen LogP contribution in [0.5, 0.6) is 11.5 Å². The molecule has 6 heteroatoms. The van der Waals surface area contributed by atoms with Crippen LogP contribution in [0.1, 0.15) is 56.8 Å². The Balaban J connectivity index is 1.97. The van der Waals surface area contributed by atoms with Crippen LogP contribution in [-0.2, 0) is 9.53 Å². The minimum absolute atomic E-state index is 0.156. The predicted molar refractivity (Wildman–Crippen MR) is 98.6 cm³/mol. The van der Waals surface area contributed by atoms with E-state index in [-0.39, 0.29) is 11.9 Å². The third kappa shape index (κ3) is 5.13. The van der Waals surface area contributed by atoms with Crippen LogP contribution in [0.15, 0.2) is 18.2 Å². The van der Waals surface area contributed by atoms with Crippen molar-refractivity contribution in [2.75, 3.05) is 13.7 Å². The van der Waals surface area contributed by atoms with Crippen LogP contribution in [0.25, 0.3) is 0 Å². The highest BCUT2D eigenvalue weighted by Gasteiger charge is 2.26. The van der Waals surface area contributed by atoms with Gasteiger partial charge in [0.1, 0.15) is 0 Å². The second-order valence-electron chi connectivity index (χ2n) is 6.72. The van der Waals surface area contributed by atoms with Crippen molar-refractivity contribution in [3.05, 3.63) is 23.8 Å². The maximum Gasteiger partial charge on any atom is 0.339 e. The molecular weight excluding hydrogens is 334 g/mol. The highest BCUT2D eigenvalue weighted by Crippen LogP contribution is 2.28. The normalized spacial score (nSPS) is 20.8. The molecule has 0 spiro atoms. The fourth-order valence-corrected chi connectivity index (χ4v) is 3.18. The third-order valence-electron chi connectivity index (χ3n) is 4.79. The van der Waals surface area contributed by atoms with Crippen molar-refractivity contribution in [1.29, 1.82) is 0 Å². The Kier molecular flexibility index (Phi) is 7.30. The molecule has 0 aliphatic heterocycles. The zero-order valence-electron chi connectivity index (χ0n) is 16.0. The second kappa shape index (κ2) is 9.46. The monoisotopic (exact) mass is 363 g/mol. The molecule has 3 atom stereocenters. The molecule has 1 saturated carbocycles. The summed E-state index contributed by atoms with van der Waals surface area (Å²) in [6.07, 6.45) is 3.57. The molecule has 0 heterocycles. The molecule has 0 aromatic heterocycles. The Labute approximate surface area is 155 Å². The molecule has 2 rings (SSSR count). The van der Waals surface area contributed by atoms with E-state index in [0.717, 1.165) is 19.3 Å². The van der Waals surface area contributed by atoms with Crippen molar-refractivity contribution in [2.24, 2.45) is 5.92 Å². The van der Waals surface area contributed by atoms with Crippen LogP contribution >= 0.6 is 0 Å². The number of rotatable bonds is 7. The van der Waals surface area contributed by atoms with E-state index in [0.29, 0.717) is 29.6 Å². The van der Waals surface area contributed by atoms with Gasteiger partial charge in [0, 0.05) is 6.04 Å². The Morgan fingerprint density at radius 2 is 1.96 bits per heavy atom. The number of carbonyl (C=O) groups excluding carboxylic acids is 2. The minimum atomic E-state index is -0.853. The fourth-order valence-electron chi connectivity index (χ4n) is 3.18. The van der Waals surface area contributed by atoms with Crippen molar-refractivity contribution < 1.29 is 23.8 Å². The summed E-state index contributed by atoms with van der Waals surface area (Å²) in [6, 6.07) is 4.97. The van der Waals surface area contributed by atoms with Gasteiger partial charge in [-0.15, -0.1) is 0 Å². The van der Waals surface area contributed by atoms with E-state index in [2.05, 4.69) is 12.2 Å². The molecule has 144 valence electrons. The van der Waals surface area contributed by atoms with Gasteiger partial charge in [-0.1, -0.05) is 19.8 Å². The summed E-state index contributed by atoms with van der Waals surface area (Å²) in [5.74, 6) is 0.646. The SMILES string of the molecule is CCOc1cc(C(=O)O[C@@H](C)C(=O)N[C@@H]2CCCC[C@@H]2C)ccc1OC. The Bertz CT molecular complexity index is 631.